The van der Waals surface area contributed by atoms with Crippen molar-refractivity contribution in [1.82, 2.24) is 5.32 Å². The highest BCUT2D eigenvalue weighted by molar-refractivity contribution is 7.99. The van der Waals surface area contributed by atoms with E-state index in [0.717, 1.165) is 5.25 Å². The molecule has 1 saturated carbocycles. The van der Waals surface area contributed by atoms with E-state index in [1.165, 1.54) is 36.8 Å². The average molecular weight is 263 g/mol. The van der Waals surface area contributed by atoms with E-state index in [0.29, 0.717) is 12.1 Å². The molecule has 0 spiro atoms. The number of hydrogen-bond acceptors (Lipinski definition) is 2. The first kappa shape index (κ1) is 14.0. The predicted octanol–water partition coefficient (Wildman–Crippen LogP) is 4.32. The summed E-state index contributed by atoms with van der Waals surface area (Å²) in [6.07, 6.45) is 7.70. The van der Waals surface area contributed by atoms with Gasteiger partial charge in [0.2, 0.25) is 0 Å². The van der Waals surface area contributed by atoms with Crippen LogP contribution in [0.4, 0.5) is 0 Å². The van der Waals surface area contributed by atoms with Crippen LogP contribution in [0, 0.1) is 6.92 Å². The van der Waals surface area contributed by atoms with E-state index in [1.54, 1.807) is 0 Å². The van der Waals surface area contributed by atoms with Gasteiger partial charge in [-0.3, -0.25) is 0 Å². The molecule has 1 nitrogen and oxygen atoms in total. The molecule has 0 heterocycles. The summed E-state index contributed by atoms with van der Waals surface area (Å²) >= 11 is 2.03. The summed E-state index contributed by atoms with van der Waals surface area (Å²) in [4.78, 5) is 0. The van der Waals surface area contributed by atoms with E-state index in [9.17, 15) is 0 Å². The highest BCUT2D eigenvalue weighted by Crippen LogP contribution is 2.28. The number of rotatable bonds is 4. The summed E-state index contributed by atoms with van der Waals surface area (Å²) in [6.45, 7) is 4.43. The van der Waals surface area contributed by atoms with Gasteiger partial charge in [0.15, 0.2) is 0 Å². The van der Waals surface area contributed by atoms with Gasteiger partial charge in [-0.05, 0) is 44.9 Å². The Morgan fingerprint density at radius 3 is 2.61 bits per heavy atom. The van der Waals surface area contributed by atoms with Crippen LogP contribution in [0.2, 0.25) is 0 Å². The lowest BCUT2D eigenvalue weighted by atomic mass is 9.93. The van der Waals surface area contributed by atoms with Gasteiger partial charge >= 0.3 is 0 Å². The van der Waals surface area contributed by atoms with Gasteiger partial charge in [0.05, 0.1) is 0 Å². The Morgan fingerprint density at radius 1 is 1.22 bits per heavy atom. The van der Waals surface area contributed by atoms with E-state index in [-0.39, 0.29) is 0 Å². The Labute approximate surface area is 116 Å². The lowest BCUT2D eigenvalue weighted by Crippen LogP contribution is -2.36. The Bertz CT molecular complexity index is 360. The van der Waals surface area contributed by atoms with Crippen LogP contribution >= 0.6 is 11.8 Å². The summed E-state index contributed by atoms with van der Waals surface area (Å²) < 4.78 is 0. The third-order valence-corrected chi connectivity index (χ3v) is 5.12. The smallest absolute Gasteiger partial charge is 0.0294 e. The zero-order valence-corrected chi connectivity index (χ0v) is 12.6. The monoisotopic (exact) mass is 263 g/mol. The van der Waals surface area contributed by atoms with Gasteiger partial charge in [-0.15, -0.1) is 0 Å². The molecule has 1 N–H and O–H groups in total. The van der Waals surface area contributed by atoms with Crippen LogP contribution in [0.15, 0.2) is 24.3 Å². The predicted molar refractivity (Wildman–Crippen MR) is 82.3 cm³/mol. The molecule has 0 radical (unpaired) electrons. The third kappa shape index (κ3) is 3.76. The molecule has 3 unspecified atom stereocenters. The average Bonchev–Trinajstić information content (AvgIpc) is 2.39. The second-order valence-electron chi connectivity index (χ2n) is 5.52. The van der Waals surface area contributed by atoms with Crippen LogP contribution in [0.25, 0.3) is 0 Å². The molecule has 0 aliphatic heterocycles. The number of nitrogens with one attached hydrogen (secondary N) is 1. The van der Waals surface area contributed by atoms with Crippen molar-refractivity contribution >= 4 is 11.8 Å². The van der Waals surface area contributed by atoms with Gasteiger partial charge in [-0.1, -0.05) is 36.2 Å². The molecular weight excluding hydrogens is 238 g/mol. The van der Waals surface area contributed by atoms with Crippen molar-refractivity contribution < 1.29 is 0 Å². The van der Waals surface area contributed by atoms with Crippen LogP contribution in [0.1, 0.15) is 49.8 Å². The molecule has 100 valence electrons. The lowest BCUT2D eigenvalue weighted by Gasteiger charge is -2.31. The van der Waals surface area contributed by atoms with Gasteiger partial charge in [0.1, 0.15) is 0 Å². The normalized spacial score (nSPS) is 25.9. The van der Waals surface area contributed by atoms with Crippen LogP contribution in [0.5, 0.6) is 0 Å². The second-order valence-corrected chi connectivity index (χ2v) is 6.66. The molecule has 0 bridgehead atoms. The SMILES string of the molecule is CSC1CCCC(NC(C)c2ccc(C)cc2)C1. The van der Waals surface area contributed by atoms with Crippen molar-refractivity contribution in [1.29, 1.82) is 0 Å². The lowest BCUT2D eigenvalue weighted by molar-refractivity contribution is 0.353. The molecule has 0 aromatic heterocycles. The van der Waals surface area contributed by atoms with Crippen molar-refractivity contribution in [3.05, 3.63) is 35.4 Å². The minimum atomic E-state index is 0.469. The molecule has 1 aromatic rings. The highest BCUT2D eigenvalue weighted by atomic mass is 32.2. The fourth-order valence-corrected chi connectivity index (χ4v) is 3.64. The Hall–Kier alpha value is -0.470. The highest BCUT2D eigenvalue weighted by Gasteiger charge is 2.22. The zero-order chi connectivity index (χ0) is 13.0. The fourth-order valence-electron chi connectivity index (χ4n) is 2.82. The Balaban J connectivity index is 1.90. The van der Waals surface area contributed by atoms with E-state index >= 15 is 0 Å². The van der Waals surface area contributed by atoms with Gasteiger partial charge < -0.3 is 5.32 Å². The maximum absolute atomic E-state index is 3.81. The molecule has 3 atom stereocenters. The minimum absolute atomic E-state index is 0.469. The van der Waals surface area contributed by atoms with Gasteiger partial charge in [0.25, 0.3) is 0 Å². The molecule has 18 heavy (non-hydrogen) atoms. The molecule has 1 aliphatic rings. The number of hydrogen-bond donors (Lipinski definition) is 1. The van der Waals surface area contributed by atoms with Crippen LogP contribution in [0.3, 0.4) is 0 Å². The van der Waals surface area contributed by atoms with Crippen molar-refractivity contribution in [3.8, 4) is 0 Å². The molecular formula is C16H25NS. The topological polar surface area (TPSA) is 12.0 Å². The van der Waals surface area contributed by atoms with Crippen molar-refractivity contribution in [2.45, 2.75) is 56.9 Å². The van der Waals surface area contributed by atoms with Gasteiger partial charge in [-0.25, -0.2) is 0 Å². The van der Waals surface area contributed by atoms with Crippen LogP contribution in [-0.2, 0) is 0 Å². The summed E-state index contributed by atoms with van der Waals surface area (Å²) in [7, 11) is 0. The van der Waals surface area contributed by atoms with Crippen LogP contribution in [-0.4, -0.2) is 17.5 Å². The first-order valence-corrected chi connectivity index (χ1v) is 8.33. The van der Waals surface area contributed by atoms with E-state index in [4.69, 9.17) is 0 Å². The maximum Gasteiger partial charge on any atom is 0.0294 e. The molecule has 1 fully saturated rings. The molecule has 0 saturated heterocycles. The largest absolute Gasteiger partial charge is 0.307 e. The summed E-state index contributed by atoms with van der Waals surface area (Å²) in [5.74, 6) is 0. The third-order valence-electron chi connectivity index (χ3n) is 4.02. The molecule has 2 heteroatoms. The Morgan fingerprint density at radius 2 is 1.94 bits per heavy atom. The minimum Gasteiger partial charge on any atom is -0.307 e. The zero-order valence-electron chi connectivity index (χ0n) is 11.8. The van der Waals surface area contributed by atoms with Gasteiger partial charge in [-0.2, -0.15) is 11.8 Å². The molecule has 2 rings (SSSR count). The van der Waals surface area contributed by atoms with E-state index in [1.807, 2.05) is 11.8 Å². The number of benzene rings is 1. The van der Waals surface area contributed by atoms with Crippen molar-refractivity contribution in [2.75, 3.05) is 6.26 Å². The molecule has 1 aromatic carbocycles. The van der Waals surface area contributed by atoms with Crippen molar-refractivity contribution in [3.63, 3.8) is 0 Å². The first-order chi connectivity index (χ1) is 8.69. The number of thioether (sulfide) groups is 1. The quantitative estimate of drug-likeness (QED) is 0.868. The molecule has 1 aliphatic carbocycles. The Kier molecular flexibility index (Phi) is 5.13. The first-order valence-electron chi connectivity index (χ1n) is 7.04. The number of aryl methyl sites for hydroxylation is 1. The fraction of sp³-hybridized carbons (Fsp3) is 0.625. The second kappa shape index (κ2) is 6.63. The molecule has 0 amide bonds. The van der Waals surface area contributed by atoms with Crippen LogP contribution < -0.4 is 5.32 Å². The maximum atomic E-state index is 3.81. The summed E-state index contributed by atoms with van der Waals surface area (Å²) in [6, 6.07) is 10.1. The van der Waals surface area contributed by atoms with Gasteiger partial charge in [0, 0.05) is 17.3 Å². The standard InChI is InChI=1S/C16H25NS/c1-12-7-9-14(10-8-12)13(2)17-15-5-4-6-16(11-15)18-3/h7-10,13,15-17H,4-6,11H2,1-3H3. The van der Waals surface area contributed by atoms with E-state index in [2.05, 4.69) is 49.7 Å². The summed E-state index contributed by atoms with van der Waals surface area (Å²) in [5, 5.41) is 4.67. The summed E-state index contributed by atoms with van der Waals surface area (Å²) in [5.41, 5.74) is 2.75. The van der Waals surface area contributed by atoms with E-state index < -0.39 is 0 Å². The van der Waals surface area contributed by atoms with Crippen molar-refractivity contribution in [2.24, 2.45) is 0 Å².